The van der Waals surface area contributed by atoms with Crippen LogP contribution in [-0.4, -0.2) is 34.2 Å². The SMILES string of the molecule is COc1ccc(OC)c(-c2nc(N)nc3nc[nH]c23)c1. The molecule has 0 radical (unpaired) electrons. The molecule has 0 bridgehead atoms. The highest BCUT2D eigenvalue weighted by molar-refractivity contribution is 5.90. The lowest BCUT2D eigenvalue weighted by Crippen LogP contribution is -1.99. The van der Waals surface area contributed by atoms with Gasteiger partial charge < -0.3 is 20.2 Å². The van der Waals surface area contributed by atoms with Crippen LogP contribution in [0.3, 0.4) is 0 Å². The monoisotopic (exact) mass is 271 g/mol. The Kier molecular flexibility index (Phi) is 2.86. The van der Waals surface area contributed by atoms with Crippen molar-refractivity contribution in [3.63, 3.8) is 0 Å². The molecular weight excluding hydrogens is 258 g/mol. The molecule has 2 aromatic heterocycles. The number of methoxy groups -OCH3 is 2. The van der Waals surface area contributed by atoms with E-state index in [1.807, 2.05) is 18.2 Å². The zero-order valence-electron chi connectivity index (χ0n) is 11.0. The molecule has 0 atom stereocenters. The quantitative estimate of drug-likeness (QED) is 0.751. The van der Waals surface area contributed by atoms with E-state index in [4.69, 9.17) is 15.2 Å². The molecule has 0 saturated heterocycles. The molecule has 7 heteroatoms. The number of aromatic nitrogens is 4. The van der Waals surface area contributed by atoms with Crippen LogP contribution in [0.4, 0.5) is 5.95 Å². The fourth-order valence-electron chi connectivity index (χ4n) is 2.04. The third kappa shape index (κ3) is 1.89. The van der Waals surface area contributed by atoms with Crippen molar-refractivity contribution >= 4 is 17.1 Å². The predicted molar refractivity (Wildman–Crippen MR) is 74.6 cm³/mol. The molecule has 0 saturated carbocycles. The number of hydrogen-bond donors (Lipinski definition) is 2. The average molecular weight is 271 g/mol. The van der Waals surface area contributed by atoms with Crippen molar-refractivity contribution in [3.05, 3.63) is 24.5 Å². The lowest BCUT2D eigenvalue weighted by atomic mass is 10.1. The minimum absolute atomic E-state index is 0.157. The average Bonchev–Trinajstić information content (AvgIpc) is 2.93. The first-order chi connectivity index (χ1) is 9.72. The summed E-state index contributed by atoms with van der Waals surface area (Å²) in [7, 11) is 3.20. The Balaban J connectivity index is 2.31. The molecule has 0 fully saturated rings. The maximum absolute atomic E-state index is 5.74. The van der Waals surface area contributed by atoms with Gasteiger partial charge in [0, 0.05) is 5.56 Å². The molecule has 3 N–H and O–H groups in total. The summed E-state index contributed by atoms with van der Waals surface area (Å²) >= 11 is 0. The van der Waals surface area contributed by atoms with Gasteiger partial charge in [-0.2, -0.15) is 4.98 Å². The Morgan fingerprint density at radius 1 is 1.15 bits per heavy atom. The number of anilines is 1. The first-order valence-corrected chi connectivity index (χ1v) is 5.92. The molecule has 20 heavy (non-hydrogen) atoms. The van der Waals surface area contributed by atoms with Crippen LogP contribution in [0.1, 0.15) is 0 Å². The van der Waals surface area contributed by atoms with Gasteiger partial charge in [-0.25, -0.2) is 9.97 Å². The third-order valence-electron chi connectivity index (χ3n) is 2.96. The second-order valence-electron chi connectivity index (χ2n) is 4.10. The van der Waals surface area contributed by atoms with Crippen LogP contribution in [-0.2, 0) is 0 Å². The van der Waals surface area contributed by atoms with Gasteiger partial charge >= 0.3 is 0 Å². The standard InChI is InChI=1S/C13H13N5O2/c1-19-7-3-4-9(20-2)8(5-7)10-11-12(16-6-15-11)18-13(14)17-10/h3-6H,1-2H3,(H3,14,15,16,17,18). The summed E-state index contributed by atoms with van der Waals surface area (Å²) in [5.41, 5.74) is 8.33. The molecule has 1 aromatic carbocycles. The highest BCUT2D eigenvalue weighted by Crippen LogP contribution is 2.35. The van der Waals surface area contributed by atoms with Crippen molar-refractivity contribution in [1.29, 1.82) is 0 Å². The van der Waals surface area contributed by atoms with Crippen LogP contribution in [0.25, 0.3) is 22.4 Å². The van der Waals surface area contributed by atoms with E-state index in [1.54, 1.807) is 20.5 Å². The van der Waals surface area contributed by atoms with Crippen LogP contribution in [0, 0.1) is 0 Å². The topological polar surface area (TPSA) is 98.9 Å². The summed E-state index contributed by atoms with van der Waals surface area (Å²) < 4.78 is 10.6. The lowest BCUT2D eigenvalue weighted by molar-refractivity contribution is 0.404. The van der Waals surface area contributed by atoms with Crippen molar-refractivity contribution in [2.24, 2.45) is 0 Å². The fraction of sp³-hybridized carbons (Fsp3) is 0.154. The molecule has 2 heterocycles. The largest absolute Gasteiger partial charge is 0.497 e. The number of hydrogen-bond acceptors (Lipinski definition) is 6. The number of benzene rings is 1. The highest BCUT2D eigenvalue weighted by atomic mass is 16.5. The summed E-state index contributed by atoms with van der Waals surface area (Å²) in [5, 5.41) is 0. The van der Waals surface area contributed by atoms with Gasteiger partial charge in [0.05, 0.1) is 20.5 Å². The molecule has 0 spiro atoms. The van der Waals surface area contributed by atoms with E-state index in [2.05, 4.69) is 19.9 Å². The molecule has 0 unspecified atom stereocenters. The van der Waals surface area contributed by atoms with Gasteiger partial charge in [-0.1, -0.05) is 0 Å². The molecular formula is C13H13N5O2. The normalized spacial score (nSPS) is 10.7. The number of nitrogens with one attached hydrogen (secondary N) is 1. The van der Waals surface area contributed by atoms with Crippen LogP contribution >= 0.6 is 0 Å². The van der Waals surface area contributed by atoms with E-state index in [9.17, 15) is 0 Å². The predicted octanol–water partition coefficient (Wildman–Crippen LogP) is 1.62. The minimum atomic E-state index is 0.157. The van der Waals surface area contributed by atoms with Gasteiger partial charge in [-0.05, 0) is 18.2 Å². The van der Waals surface area contributed by atoms with Gasteiger partial charge in [0.15, 0.2) is 5.65 Å². The first-order valence-electron chi connectivity index (χ1n) is 5.92. The van der Waals surface area contributed by atoms with Gasteiger partial charge in [0.1, 0.15) is 22.7 Å². The smallest absolute Gasteiger partial charge is 0.222 e. The van der Waals surface area contributed by atoms with Crippen molar-refractivity contribution in [2.75, 3.05) is 20.0 Å². The van der Waals surface area contributed by atoms with Crippen LogP contribution in [0.15, 0.2) is 24.5 Å². The van der Waals surface area contributed by atoms with Crippen molar-refractivity contribution < 1.29 is 9.47 Å². The minimum Gasteiger partial charge on any atom is -0.497 e. The van der Waals surface area contributed by atoms with Crippen LogP contribution in [0.5, 0.6) is 11.5 Å². The Hall–Kier alpha value is -2.83. The lowest BCUT2D eigenvalue weighted by Gasteiger charge is -2.10. The summed E-state index contributed by atoms with van der Waals surface area (Å²) in [5.74, 6) is 1.52. The number of nitrogens with zero attached hydrogens (tertiary/aromatic N) is 3. The summed E-state index contributed by atoms with van der Waals surface area (Å²) in [4.78, 5) is 15.5. The van der Waals surface area contributed by atoms with Crippen LogP contribution < -0.4 is 15.2 Å². The third-order valence-corrected chi connectivity index (χ3v) is 2.96. The Bertz CT molecular complexity index is 769. The highest BCUT2D eigenvalue weighted by Gasteiger charge is 2.15. The van der Waals surface area contributed by atoms with Crippen molar-refractivity contribution in [3.8, 4) is 22.8 Å². The molecule has 102 valence electrons. The van der Waals surface area contributed by atoms with Gasteiger partial charge in [0.25, 0.3) is 0 Å². The number of rotatable bonds is 3. The van der Waals surface area contributed by atoms with E-state index >= 15 is 0 Å². The second-order valence-corrected chi connectivity index (χ2v) is 4.10. The molecule has 0 aliphatic rings. The zero-order chi connectivity index (χ0) is 14.1. The molecule has 3 aromatic rings. The number of fused-ring (bicyclic) bond motifs is 1. The number of aromatic amines is 1. The number of imidazole rings is 1. The molecule has 0 aliphatic heterocycles. The van der Waals surface area contributed by atoms with Crippen molar-refractivity contribution in [2.45, 2.75) is 0 Å². The summed E-state index contributed by atoms with van der Waals surface area (Å²) in [6, 6.07) is 5.46. The van der Waals surface area contributed by atoms with Crippen molar-refractivity contribution in [1.82, 2.24) is 19.9 Å². The van der Waals surface area contributed by atoms with E-state index in [0.717, 1.165) is 5.56 Å². The second kappa shape index (κ2) is 4.69. The summed E-state index contributed by atoms with van der Waals surface area (Å²) in [6.45, 7) is 0. The molecule has 3 rings (SSSR count). The fourth-order valence-corrected chi connectivity index (χ4v) is 2.04. The first kappa shape index (κ1) is 12.2. The van der Waals surface area contributed by atoms with Gasteiger partial charge in [-0.15, -0.1) is 0 Å². The molecule has 7 nitrogen and oxygen atoms in total. The Morgan fingerprint density at radius 3 is 2.75 bits per heavy atom. The molecule has 0 aliphatic carbocycles. The van der Waals surface area contributed by atoms with E-state index < -0.39 is 0 Å². The van der Waals surface area contributed by atoms with E-state index in [1.165, 1.54) is 0 Å². The number of ether oxygens (including phenoxy) is 2. The number of nitrogens with two attached hydrogens (primary N) is 1. The maximum Gasteiger partial charge on any atom is 0.222 e. The van der Waals surface area contributed by atoms with Gasteiger partial charge in [-0.3, -0.25) is 0 Å². The Labute approximate surface area is 114 Å². The van der Waals surface area contributed by atoms with E-state index in [0.29, 0.717) is 28.4 Å². The van der Waals surface area contributed by atoms with Crippen LogP contribution in [0.2, 0.25) is 0 Å². The molecule has 0 amide bonds. The number of H-pyrrole nitrogens is 1. The zero-order valence-corrected chi connectivity index (χ0v) is 11.0. The Morgan fingerprint density at radius 2 is 2.00 bits per heavy atom. The summed E-state index contributed by atoms with van der Waals surface area (Å²) in [6.07, 6.45) is 1.55. The van der Waals surface area contributed by atoms with Gasteiger partial charge in [0.2, 0.25) is 5.95 Å². The van der Waals surface area contributed by atoms with E-state index in [-0.39, 0.29) is 5.95 Å². The number of nitrogen functional groups attached to an aromatic ring is 1. The maximum atomic E-state index is 5.74.